The molecule has 2 amide bonds. The van der Waals surface area contributed by atoms with Crippen molar-refractivity contribution in [2.75, 3.05) is 26.2 Å². The molecule has 154 valence electrons. The first kappa shape index (κ1) is 20.6. The normalized spacial score (nSPS) is 23.3. The van der Waals surface area contributed by atoms with Gasteiger partial charge in [0.1, 0.15) is 5.75 Å². The second-order valence-electron chi connectivity index (χ2n) is 8.01. The molecule has 0 aliphatic carbocycles. The zero-order valence-corrected chi connectivity index (χ0v) is 17.1. The van der Waals surface area contributed by atoms with Crippen LogP contribution in [0.5, 0.6) is 5.75 Å². The van der Waals surface area contributed by atoms with E-state index in [-0.39, 0.29) is 24.0 Å². The van der Waals surface area contributed by atoms with Crippen molar-refractivity contribution in [2.24, 2.45) is 5.92 Å². The van der Waals surface area contributed by atoms with Gasteiger partial charge in [-0.2, -0.15) is 0 Å². The Labute approximate surface area is 168 Å². The lowest BCUT2D eigenvalue weighted by molar-refractivity contribution is -0.123. The smallest absolute Gasteiger partial charge is 0.253 e. The highest BCUT2D eigenvalue weighted by molar-refractivity contribution is 5.94. The molecule has 6 nitrogen and oxygen atoms in total. The number of likely N-dealkylation sites (tertiary alicyclic amines) is 1. The highest BCUT2D eigenvalue weighted by Gasteiger charge is 2.27. The van der Waals surface area contributed by atoms with Gasteiger partial charge in [-0.1, -0.05) is 6.92 Å². The van der Waals surface area contributed by atoms with E-state index in [1.807, 2.05) is 36.1 Å². The number of carbonyl (C=O) groups is 2. The van der Waals surface area contributed by atoms with Crippen LogP contribution < -0.4 is 15.4 Å². The third-order valence-corrected chi connectivity index (χ3v) is 5.76. The largest absolute Gasteiger partial charge is 0.491 e. The van der Waals surface area contributed by atoms with Crippen LogP contribution in [0.15, 0.2) is 24.3 Å². The summed E-state index contributed by atoms with van der Waals surface area (Å²) in [7, 11) is 0. The van der Waals surface area contributed by atoms with Crippen LogP contribution in [0.1, 0.15) is 56.3 Å². The molecule has 28 heavy (non-hydrogen) atoms. The number of ether oxygens (including phenoxy) is 1. The summed E-state index contributed by atoms with van der Waals surface area (Å²) in [6, 6.07) is 7.39. The molecule has 2 N–H and O–H groups in total. The summed E-state index contributed by atoms with van der Waals surface area (Å²) >= 11 is 0. The predicted molar refractivity (Wildman–Crippen MR) is 109 cm³/mol. The standard InChI is InChI=1S/C22H33N3O3/c1-3-16(2)28-19-10-8-18(9-11-19)22(27)25-13-5-6-17(15-25)14-24-21(26)20-7-4-12-23-20/h8-11,16-17,20,23H,3-7,12-15H2,1-2H3,(H,24,26). The Morgan fingerprint density at radius 2 is 2.04 bits per heavy atom. The fraction of sp³-hybridized carbons (Fsp3) is 0.636. The Balaban J connectivity index is 1.50. The van der Waals surface area contributed by atoms with Gasteiger partial charge in [0.05, 0.1) is 12.1 Å². The average molecular weight is 388 g/mol. The number of nitrogens with one attached hydrogen (secondary N) is 2. The summed E-state index contributed by atoms with van der Waals surface area (Å²) in [6.45, 7) is 7.16. The van der Waals surface area contributed by atoms with E-state index in [0.717, 1.165) is 50.9 Å². The number of carbonyl (C=O) groups excluding carboxylic acids is 2. The van der Waals surface area contributed by atoms with Crippen molar-refractivity contribution in [1.29, 1.82) is 0 Å². The van der Waals surface area contributed by atoms with E-state index in [1.165, 1.54) is 0 Å². The molecule has 0 bridgehead atoms. The van der Waals surface area contributed by atoms with Gasteiger partial charge < -0.3 is 20.3 Å². The van der Waals surface area contributed by atoms with Crippen molar-refractivity contribution in [3.8, 4) is 5.75 Å². The van der Waals surface area contributed by atoms with Gasteiger partial charge in [-0.15, -0.1) is 0 Å². The fourth-order valence-corrected chi connectivity index (χ4v) is 3.87. The van der Waals surface area contributed by atoms with E-state index in [9.17, 15) is 9.59 Å². The van der Waals surface area contributed by atoms with Gasteiger partial charge in [0.2, 0.25) is 5.91 Å². The van der Waals surface area contributed by atoms with Crippen molar-refractivity contribution in [3.63, 3.8) is 0 Å². The van der Waals surface area contributed by atoms with E-state index in [4.69, 9.17) is 4.74 Å². The molecule has 6 heteroatoms. The first-order valence-corrected chi connectivity index (χ1v) is 10.6. The number of hydrogen-bond donors (Lipinski definition) is 2. The van der Waals surface area contributed by atoms with E-state index in [0.29, 0.717) is 24.6 Å². The lowest BCUT2D eigenvalue weighted by Crippen LogP contribution is -2.46. The number of rotatable bonds is 7. The van der Waals surface area contributed by atoms with Crippen molar-refractivity contribution < 1.29 is 14.3 Å². The molecule has 2 aliphatic heterocycles. The molecular weight excluding hydrogens is 354 g/mol. The lowest BCUT2D eigenvalue weighted by atomic mass is 9.97. The zero-order chi connectivity index (χ0) is 19.9. The van der Waals surface area contributed by atoms with E-state index < -0.39 is 0 Å². The minimum atomic E-state index is -0.0440. The van der Waals surface area contributed by atoms with Gasteiger partial charge in [-0.25, -0.2) is 0 Å². The maximum absolute atomic E-state index is 12.9. The summed E-state index contributed by atoms with van der Waals surface area (Å²) in [5.74, 6) is 1.27. The summed E-state index contributed by atoms with van der Waals surface area (Å²) in [5.41, 5.74) is 0.691. The number of piperidine rings is 1. The van der Waals surface area contributed by atoms with Gasteiger partial charge in [0.25, 0.3) is 5.91 Å². The van der Waals surface area contributed by atoms with Gasteiger partial charge in [-0.3, -0.25) is 9.59 Å². The molecule has 2 saturated heterocycles. The van der Waals surface area contributed by atoms with Gasteiger partial charge >= 0.3 is 0 Å². The van der Waals surface area contributed by atoms with Crippen LogP contribution in [0.25, 0.3) is 0 Å². The van der Waals surface area contributed by atoms with Crippen molar-refractivity contribution in [1.82, 2.24) is 15.5 Å². The monoisotopic (exact) mass is 387 g/mol. The summed E-state index contributed by atoms with van der Waals surface area (Å²) < 4.78 is 5.79. The number of hydrogen-bond acceptors (Lipinski definition) is 4. The molecule has 0 aromatic heterocycles. The first-order chi connectivity index (χ1) is 13.6. The molecule has 3 atom stereocenters. The minimum absolute atomic E-state index is 0.0440. The van der Waals surface area contributed by atoms with Crippen LogP contribution in [0.4, 0.5) is 0 Å². The summed E-state index contributed by atoms with van der Waals surface area (Å²) in [4.78, 5) is 27.0. The Morgan fingerprint density at radius 1 is 1.25 bits per heavy atom. The first-order valence-electron chi connectivity index (χ1n) is 10.6. The Hall–Kier alpha value is -2.08. The Bertz CT molecular complexity index is 655. The minimum Gasteiger partial charge on any atom is -0.491 e. The maximum Gasteiger partial charge on any atom is 0.253 e. The molecule has 0 saturated carbocycles. The number of nitrogens with zero attached hydrogens (tertiary/aromatic N) is 1. The van der Waals surface area contributed by atoms with Crippen LogP contribution in [0.2, 0.25) is 0 Å². The molecule has 2 fully saturated rings. The average Bonchev–Trinajstić information content (AvgIpc) is 3.27. The van der Waals surface area contributed by atoms with Crippen LogP contribution in [-0.2, 0) is 4.79 Å². The second kappa shape index (κ2) is 9.92. The molecule has 3 unspecified atom stereocenters. The SMILES string of the molecule is CCC(C)Oc1ccc(C(=O)N2CCCC(CNC(=O)C3CCCN3)C2)cc1. The highest BCUT2D eigenvalue weighted by atomic mass is 16.5. The Morgan fingerprint density at radius 3 is 2.71 bits per heavy atom. The number of amides is 2. The summed E-state index contributed by atoms with van der Waals surface area (Å²) in [6.07, 6.45) is 5.11. The van der Waals surface area contributed by atoms with Crippen LogP contribution >= 0.6 is 0 Å². The van der Waals surface area contributed by atoms with Crippen molar-refractivity contribution >= 4 is 11.8 Å². The van der Waals surface area contributed by atoms with E-state index in [1.54, 1.807) is 0 Å². The van der Waals surface area contributed by atoms with E-state index >= 15 is 0 Å². The molecule has 2 aliphatic rings. The molecule has 0 spiro atoms. The van der Waals surface area contributed by atoms with Gasteiger partial charge in [0, 0.05) is 25.2 Å². The molecule has 1 aromatic rings. The van der Waals surface area contributed by atoms with E-state index in [2.05, 4.69) is 17.6 Å². The molecule has 3 rings (SSSR count). The molecular formula is C22H33N3O3. The molecule has 1 aromatic carbocycles. The fourth-order valence-electron chi connectivity index (χ4n) is 3.87. The van der Waals surface area contributed by atoms with Crippen LogP contribution in [-0.4, -0.2) is 55.0 Å². The maximum atomic E-state index is 12.9. The quantitative estimate of drug-likeness (QED) is 0.754. The summed E-state index contributed by atoms with van der Waals surface area (Å²) in [5, 5.41) is 6.29. The number of benzene rings is 1. The topological polar surface area (TPSA) is 70.7 Å². The third-order valence-electron chi connectivity index (χ3n) is 5.76. The Kier molecular flexibility index (Phi) is 7.31. The van der Waals surface area contributed by atoms with Crippen LogP contribution in [0, 0.1) is 5.92 Å². The van der Waals surface area contributed by atoms with Gasteiger partial charge in [-0.05, 0) is 75.8 Å². The predicted octanol–water partition coefficient (Wildman–Crippen LogP) is 2.58. The lowest BCUT2D eigenvalue weighted by Gasteiger charge is -2.33. The second-order valence-corrected chi connectivity index (χ2v) is 8.01. The molecule has 0 radical (unpaired) electrons. The highest BCUT2D eigenvalue weighted by Crippen LogP contribution is 2.20. The zero-order valence-electron chi connectivity index (χ0n) is 17.1. The molecule has 2 heterocycles. The van der Waals surface area contributed by atoms with Crippen molar-refractivity contribution in [2.45, 2.75) is 58.1 Å². The van der Waals surface area contributed by atoms with Crippen LogP contribution in [0.3, 0.4) is 0 Å². The van der Waals surface area contributed by atoms with Crippen molar-refractivity contribution in [3.05, 3.63) is 29.8 Å². The van der Waals surface area contributed by atoms with Gasteiger partial charge in [0.15, 0.2) is 0 Å². The third kappa shape index (κ3) is 5.47.